The zero-order chi connectivity index (χ0) is 17.1. The highest BCUT2D eigenvalue weighted by Gasteiger charge is 2.25. The number of aryl methyl sites for hydroxylation is 1. The van der Waals surface area contributed by atoms with Crippen LogP contribution in [0, 0.1) is 6.92 Å². The number of imidazole rings is 1. The summed E-state index contributed by atoms with van der Waals surface area (Å²) in [7, 11) is 0. The van der Waals surface area contributed by atoms with Gasteiger partial charge in [0.2, 0.25) is 0 Å². The van der Waals surface area contributed by atoms with Crippen molar-refractivity contribution in [2.24, 2.45) is 0 Å². The number of pyridine rings is 1. The molecule has 0 bridgehead atoms. The van der Waals surface area contributed by atoms with Crippen molar-refractivity contribution < 1.29 is 0 Å². The Morgan fingerprint density at radius 2 is 1.96 bits per heavy atom. The van der Waals surface area contributed by atoms with E-state index in [0.717, 1.165) is 25.3 Å². The molecule has 0 aliphatic carbocycles. The van der Waals surface area contributed by atoms with Crippen molar-refractivity contribution in [1.82, 2.24) is 14.5 Å². The summed E-state index contributed by atoms with van der Waals surface area (Å²) in [6.45, 7) is 5.08. The first-order chi connectivity index (χ1) is 12.3. The van der Waals surface area contributed by atoms with Crippen molar-refractivity contribution in [1.29, 1.82) is 0 Å². The van der Waals surface area contributed by atoms with E-state index in [2.05, 4.69) is 70.0 Å². The SMILES string of the molecule is Cc1cc(N2CCCC(c3nccn3Cc3ccccc3)C2)ccn1. The molecule has 25 heavy (non-hydrogen) atoms. The molecule has 4 rings (SSSR count). The molecule has 1 aromatic carbocycles. The molecule has 0 N–H and O–H groups in total. The molecule has 2 aromatic heterocycles. The second kappa shape index (κ2) is 7.09. The van der Waals surface area contributed by atoms with Gasteiger partial charge in [-0.1, -0.05) is 30.3 Å². The van der Waals surface area contributed by atoms with Crippen LogP contribution in [0.15, 0.2) is 61.1 Å². The minimum absolute atomic E-state index is 0.473. The van der Waals surface area contributed by atoms with Gasteiger partial charge in [0, 0.05) is 55.5 Å². The number of anilines is 1. The molecule has 1 aliphatic rings. The van der Waals surface area contributed by atoms with E-state index in [0.29, 0.717) is 5.92 Å². The predicted octanol–water partition coefficient (Wildman–Crippen LogP) is 4.02. The standard InChI is InChI=1S/C21H24N4/c1-17-14-20(9-10-22-17)24-12-5-8-19(16-24)21-23-11-13-25(21)15-18-6-3-2-4-7-18/h2-4,6-7,9-11,13-14,19H,5,8,12,15-16H2,1H3. The number of piperidine rings is 1. The van der Waals surface area contributed by atoms with Gasteiger partial charge in [0.15, 0.2) is 0 Å². The zero-order valence-electron chi connectivity index (χ0n) is 14.7. The number of rotatable bonds is 4. The predicted molar refractivity (Wildman–Crippen MR) is 101 cm³/mol. The molecule has 1 unspecified atom stereocenters. The molecule has 4 nitrogen and oxygen atoms in total. The van der Waals surface area contributed by atoms with Crippen LogP contribution < -0.4 is 4.90 Å². The van der Waals surface area contributed by atoms with Crippen LogP contribution in [0.4, 0.5) is 5.69 Å². The summed E-state index contributed by atoms with van der Waals surface area (Å²) in [5.41, 5.74) is 3.67. The van der Waals surface area contributed by atoms with Crippen molar-refractivity contribution in [3.8, 4) is 0 Å². The number of nitrogens with zero attached hydrogens (tertiary/aromatic N) is 4. The summed E-state index contributed by atoms with van der Waals surface area (Å²) in [4.78, 5) is 11.5. The molecule has 3 heterocycles. The summed E-state index contributed by atoms with van der Waals surface area (Å²) in [5.74, 6) is 1.68. The van der Waals surface area contributed by atoms with Crippen molar-refractivity contribution in [2.75, 3.05) is 18.0 Å². The van der Waals surface area contributed by atoms with Crippen LogP contribution in [0.2, 0.25) is 0 Å². The Kier molecular flexibility index (Phi) is 4.51. The van der Waals surface area contributed by atoms with Gasteiger partial charge in [-0.2, -0.15) is 0 Å². The average Bonchev–Trinajstić information content (AvgIpc) is 3.11. The molecule has 1 saturated heterocycles. The largest absolute Gasteiger partial charge is 0.371 e. The van der Waals surface area contributed by atoms with Crippen LogP contribution in [0.3, 0.4) is 0 Å². The lowest BCUT2D eigenvalue weighted by molar-refractivity contribution is 0.476. The number of hydrogen-bond acceptors (Lipinski definition) is 3. The molecule has 1 aliphatic heterocycles. The third kappa shape index (κ3) is 3.58. The zero-order valence-corrected chi connectivity index (χ0v) is 14.7. The fourth-order valence-electron chi connectivity index (χ4n) is 3.74. The highest BCUT2D eigenvalue weighted by molar-refractivity contribution is 5.47. The Balaban J connectivity index is 1.53. The van der Waals surface area contributed by atoms with Crippen molar-refractivity contribution in [2.45, 2.75) is 32.2 Å². The Bertz CT molecular complexity index is 825. The van der Waals surface area contributed by atoms with Crippen LogP contribution >= 0.6 is 0 Å². The molecule has 4 heteroatoms. The van der Waals surface area contributed by atoms with E-state index in [1.54, 1.807) is 0 Å². The van der Waals surface area contributed by atoms with E-state index in [1.807, 2.05) is 12.4 Å². The maximum Gasteiger partial charge on any atom is 0.113 e. The van der Waals surface area contributed by atoms with E-state index in [4.69, 9.17) is 4.98 Å². The van der Waals surface area contributed by atoms with E-state index >= 15 is 0 Å². The molecule has 0 saturated carbocycles. The van der Waals surface area contributed by atoms with Crippen molar-refractivity contribution >= 4 is 5.69 Å². The lowest BCUT2D eigenvalue weighted by atomic mass is 9.96. The molecule has 0 amide bonds. The molecule has 1 fully saturated rings. The smallest absolute Gasteiger partial charge is 0.113 e. The van der Waals surface area contributed by atoms with E-state index in [-0.39, 0.29) is 0 Å². The molecular weight excluding hydrogens is 308 g/mol. The van der Waals surface area contributed by atoms with Gasteiger partial charge < -0.3 is 9.47 Å². The monoisotopic (exact) mass is 332 g/mol. The summed E-state index contributed by atoms with van der Waals surface area (Å²) >= 11 is 0. The molecule has 1 atom stereocenters. The van der Waals surface area contributed by atoms with E-state index in [1.165, 1.54) is 29.9 Å². The summed E-state index contributed by atoms with van der Waals surface area (Å²) in [6.07, 6.45) is 8.35. The minimum atomic E-state index is 0.473. The van der Waals surface area contributed by atoms with Crippen LogP contribution in [0.1, 0.15) is 35.8 Å². The second-order valence-electron chi connectivity index (χ2n) is 6.84. The maximum absolute atomic E-state index is 4.71. The third-order valence-electron chi connectivity index (χ3n) is 4.98. The molecule has 0 radical (unpaired) electrons. The van der Waals surface area contributed by atoms with Gasteiger partial charge in [0.1, 0.15) is 5.82 Å². The third-order valence-corrected chi connectivity index (χ3v) is 4.98. The molecule has 128 valence electrons. The van der Waals surface area contributed by atoms with Crippen LogP contribution in [0.5, 0.6) is 0 Å². The van der Waals surface area contributed by atoms with Gasteiger partial charge in [0.05, 0.1) is 0 Å². The van der Waals surface area contributed by atoms with Crippen LogP contribution in [0.25, 0.3) is 0 Å². The lowest BCUT2D eigenvalue weighted by Crippen LogP contribution is -2.35. The highest BCUT2D eigenvalue weighted by atomic mass is 15.2. The fourth-order valence-corrected chi connectivity index (χ4v) is 3.74. The van der Waals surface area contributed by atoms with Crippen LogP contribution in [-0.4, -0.2) is 27.6 Å². The fraction of sp³-hybridized carbons (Fsp3) is 0.333. The van der Waals surface area contributed by atoms with E-state index < -0.39 is 0 Å². The average molecular weight is 332 g/mol. The first-order valence-corrected chi connectivity index (χ1v) is 9.02. The Morgan fingerprint density at radius 1 is 1.08 bits per heavy atom. The highest BCUT2D eigenvalue weighted by Crippen LogP contribution is 2.29. The summed E-state index contributed by atoms with van der Waals surface area (Å²) in [5, 5.41) is 0. The van der Waals surface area contributed by atoms with Gasteiger partial charge >= 0.3 is 0 Å². The topological polar surface area (TPSA) is 34.0 Å². The Hall–Kier alpha value is -2.62. The molecule has 3 aromatic rings. The molecular formula is C21H24N4. The van der Waals surface area contributed by atoms with Gasteiger partial charge in [-0.25, -0.2) is 4.98 Å². The van der Waals surface area contributed by atoms with Gasteiger partial charge in [-0.05, 0) is 37.5 Å². The quantitative estimate of drug-likeness (QED) is 0.724. The van der Waals surface area contributed by atoms with Crippen LogP contribution in [-0.2, 0) is 6.54 Å². The van der Waals surface area contributed by atoms with E-state index in [9.17, 15) is 0 Å². The van der Waals surface area contributed by atoms with Crippen molar-refractivity contribution in [3.63, 3.8) is 0 Å². The maximum atomic E-state index is 4.71. The summed E-state index contributed by atoms with van der Waals surface area (Å²) < 4.78 is 2.31. The van der Waals surface area contributed by atoms with Crippen molar-refractivity contribution in [3.05, 3.63) is 78.1 Å². The number of hydrogen-bond donors (Lipinski definition) is 0. The number of benzene rings is 1. The summed E-state index contributed by atoms with van der Waals surface area (Å²) in [6, 6.07) is 14.9. The Morgan fingerprint density at radius 3 is 2.80 bits per heavy atom. The van der Waals surface area contributed by atoms with Gasteiger partial charge in [-0.3, -0.25) is 4.98 Å². The first kappa shape index (κ1) is 15.9. The number of aromatic nitrogens is 3. The molecule has 0 spiro atoms. The lowest BCUT2D eigenvalue weighted by Gasteiger charge is -2.34. The van der Waals surface area contributed by atoms with Gasteiger partial charge in [0.25, 0.3) is 0 Å². The van der Waals surface area contributed by atoms with Gasteiger partial charge in [-0.15, -0.1) is 0 Å². The normalized spacial score (nSPS) is 17.6. The minimum Gasteiger partial charge on any atom is -0.371 e. The first-order valence-electron chi connectivity index (χ1n) is 9.02. The second-order valence-corrected chi connectivity index (χ2v) is 6.84. The Labute approximate surface area is 149 Å².